The van der Waals surface area contributed by atoms with Gasteiger partial charge < -0.3 is 5.73 Å². The van der Waals surface area contributed by atoms with Crippen molar-refractivity contribution in [2.45, 2.75) is 6.92 Å². The lowest BCUT2D eigenvalue weighted by atomic mass is 9.97. The van der Waals surface area contributed by atoms with Crippen molar-refractivity contribution in [1.29, 1.82) is 0 Å². The summed E-state index contributed by atoms with van der Waals surface area (Å²) in [6, 6.07) is 6.21. The zero-order valence-electron chi connectivity index (χ0n) is 10.0. The summed E-state index contributed by atoms with van der Waals surface area (Å²) < 4.78 is 39.5. The predicted octanol–water partition coefficient (Wildman–Crippen LogP) is 3.23. The summed E-state index contributed by atoms with van der Waals surface area (Å²) in [7, 11) is 0. The molecule has 19 heavy (non-hydrogen) atoms. The third kappa shape index (κ3) is 2.19. The fraction of sp³-hybridized carbons (Fsp3) is 0.0714. The second-order valence-electron chi connectivity index (χ2n) is 4.07. The minimum absolute atomic E-state index is 0.157. The first-order valence-electron chi connectivity index (χ1n) is 5.46. The molecule has 0 radical (unpaired) electrons. The monoisotopic (exact) mass is 265 g/mol. The van der Waals surface area contributed by atoms with Crippen LogP contribution in [-0.2, 0) is 0 Å². The van der Waals surface area contributed by atoms with Crippen molar-refractivity contribution in [2.24, 2.45) is 0 Å². The largest absolute Gasteiger partial charge is 0.398 e. The molecule has 98 valence electrons. The molecule has 0 fully saturated rings. The van der Waals surface area contributed by atoms with Gasteiger partial charge >= 0.3 is 0 Å². The Bertz CT molecular complexity index is 668. The summed E-state index contributed by atoms with van der Waals surface area (Å²) in [6.07, 6.45) is 0. The number of rotatable bonds is 2. The van der Waals surface area contributed by atoms with Gasteiger partial charge in [-0.15, -0.1) is 0 Å². The summed E-state index contributed by atoms with van der Waals surface area (Å²) in [5.74, 6) is -5.22. The highest BCUT2D eigenvalue weighted by Crippen LogP contribution is 2.22. The van der Waals surface area contributed by atoms with Crippen LogP contribution in [0.2, 0.25) is 0 Å². The number of ketones is 1. The number of halogens is 3. The molecule has 2 N–H and O–H groups in total. The first kappa shape index (κ1) is 13.1. The van der Waals surface area contributed by atoms with Crippen molar-refractivity contribution in [1.82, 2.24) is 0 Å². The molecule has 0 heterocycles. The van der Waals surface area contributed by atoms with Crippen LogP contribution in [0.5, 0.6) is 0 Å². The second-order valence-corrected chi connectivity index (χ2v) is 4.07. The van der Waals surface area contributed by atoms with Gasteiger partial charge in [0.15, 0.2) is 23.2 Å². The van der Waals surface area contributed by atoms with Crippen LogP contribution in [0.3, 0.4) is 0 Å². The SMILES string of the molecule is Cc1c(N)cccc1C(=O)c1ccc(F)c(F)c1F. The third-order valence-electron chi connectivity index (χ3n) is 2.90. The van der Waals surface area contributed by atoms with Gasteiger partial charge in [0, 0.05) is 11.3 Å². The van der Waals surface area contributed by atoms with E-state index in [0.29, 0.717) is 17.3 Å². The number of hydrogen-bond donors (Lipinski definition) is 1. The molecule has 0 saturated heterocycles. The Labute approximate surface area is 107 Å². The highest BCUT2D eigenvalue weighted by Gasteiger charge is 2.21. The van der Waals surface area contributed by atoms with Gasteiger partial charge in [0.1, 0.15) is 0 Å². The fourth-order valence-corrected chi connectivity index (χ4v) is 1.75. The number of anilines is 1. The van der Waals surface area contributed by atoms with Gasteiger partial charge in [-0.2, -0.15) is 0 Å². The Morgan fingerprint density at radius 3 is 2.37 bits per heavy atom. The molecule has 0 bridgehead atoms. The average molecular weight is 265 g/mol. The summed E-state index contributed by atoms with van der Waals surface area (Å²) in [6.45, 7) is 1.60. The molecule has 0 saturated carbocycles. The van der Waals surface area contributed by atoms with Crippen LogP contribution in [0, 0.1) is 24.4 Å². The van der Waals surface area contributed by atoms with E-state index in [-0.39, 0.29) is 5.56 Å². The number of nitrogens with two attached hydrogens (primary N) is 1. The summed E-state index contributed by atoms with van der Waals surface area (Å²) in [5, 5.41) is 0. The van der Waals surface area contributed by atoms with Crippen molar-refractivity contribution in [3.63, 3.8) is 0 Å². The molecule has 0 amide bonds. The van der Waals surface area contributed by atoms with Crippen molar-refractivity contribution < 1.29 is 18.0 Å². The molecule has 0 aliphatic heterocycles. The van der Waals surface area contributed by atoms with Crippen LogP contribution in [0.4, 0.5) is 18.9 Å². The highest BCUT2D eigenvalue weighted by atomic mass is 19.2. The molecule has 0 spiro atoms. The van der Waals surface area contributed by atoms with Crippen molar-refractivity contribution in [3.8, 4) is 0 Å². The Morgan fingerprint density at radius 2 is 1.68 bits per heavy atom. The topological polar surface area (TPSA) is 43.1 Å². The zero-order valence-corrected chi connectivity index (χ0v) is 10.0. The van der Waals surface area contributed by atoms with E-state index >= 15 is 0 Å². The van der Waals surface area contributed by atoms with E-state index in [4.69, 9.17) is 5.73 Å². The summed E-state index contributed by atoms with van der Waals surface area (Å²) in [5.41, 5.74) is 6.12. The minimum Gasteiger partial charge on any atom is -0.398 e. The molecular formula is C14H10F3NO. The Hall–Kier alpha value is -2.30. The number of benzene rings is 2. The van der Waals surface area contributed by atoms with Crippen LogP contribution < -0.4 is 5.73 Å². The Balaban J connectivity index is 2.57. The predicted molar refractivity (Wildman–Crippen MR) is 65.3 cm³/mol. The van der Waals surface area contributed by atoms with Gasteiger partial charge in [0.25, 0.3) is 0 Å². The fourth-order valence-electron chi connectivity index (χ4n) is 1.75. The average Bonchev–Trinajstić information content (AvgIpc) is 2.39. The maximum Gasteiger partial charge on any atom is 0.196 e. The van der Waals surface area contributed by atoms with E-state index in [2.05, 4.69) is 0 Å². The van der Waals surface area contributed by atoms with E-state index in [1.165, 1.54) is 12.1 Å². The van der Waals surface area contributed by atoms with Gasteiger partial charge in [0.05, 0.1) is 5.56 Å². The van der Waals surface area contributed by atoms with Crippen LogP contribution in [0.25, 0.3) is 0 Å². The lowest BCUT2D eigenvalue weighted by molar-refractivity contribution is 0.103. The molecule has 5 heteroatoms. The lowest BCUT2D eigenvalue weighted by Crippen LogP contribution is -2.09. The van der Waals surface area contributed by atoms with Crippen LogP contribution in [-0.4, -0.2) is 5.78 Å². The van der Waals surface area contributed by atoms with Gasteiger partial charge in [-0.1, -0.05) is 12.1 Å². The highest BCUT2D eigenvalue weighted by molar-refractivity contribution is 6.10. The molecule has 0 atom stereocenters. The molecule has 2 rings (SSSR count). The van der Waals surface area contributed by atoms with Gasteiger partial charge in [0.2, 0.25) is 0 Å². The van der Waals surface area contributed by atoms with Crippen LogP contribution >= 0.6 is 0 Å². The number of carbonyl (C=O) groups is 1. The zero-order chi connectivity index (χ0) is 14.2. The first-order valence-corrected chi connectivity index (χ1v) is 5.46. The number of nitrogen functional groups attached to an aromatic ring is 1. The van der Waals surface area contributed by atoms with E-state index in [9.17, 15) is 18.0 Å². The molecular weight excluding hydrogens is 255 g/mol. The van der Waals surface area contributed by atoms with E-state index in [0.717, 1.165) is 6.07 Å². The van der Waals surface area contributed by atoms with Crippen molar-refractivity contribution in [3.05, 3.63) is 64.5 Å². The molecule has 0 aliphatic rings. The first-order chi connectivity index (χ1) is 8.93. The third-order valence-corrected chi connectivity index (χ3v) is 2.90. The van der Waals surface area contributed by atoms with E-state index in [1.54, 1.807) is 13.0 Å². The summed E-state index contributed by atoms with van der Waals surface area (Å²) >= 11 is 0. The van der Waals surface area contributed by atoms with E-state index < -0.39 is 28.8 Å². The molecule has 0 aromatic heterocycles. The van der Waals surface area contributed by atoms with Gasteiger partial charge in [-0.05, 0) is 30.7 Å². The van der Waals surface area contributed by atoms with Gasteiger partial charge in [-0.3, -0.25) is 4.79 Å². The van der Waals surface area contributed by atoms with Gasteiger partial charge in [-0.25, -0.2) is 13.2 Å². The lowest BCUT2D eigenvalue weighted by Gasteiger charge is -2.08. The smallest absolute Gasteiger partial charge is 0.196 e. The van der Waals surface area contributed by atoms with E-state index in [1.807, 2.05) is 0 Å². The Morgan fingerprint density at radius 1 is 1.00 bits per heavy atom. The molecule has 0 aliphatic carbocycles. The molecule has 2 aromatic carbocycles. The maximum absolute atomic E-state index is 13.6. The maximum atomic E-state index is 13.6. The molecule has 0 unspecified atom stereocenters. The molecule has 2 nitrogen and oxygen atoms in total. The standard InChI is InChI=1S/C14H10F3NO/c1-7-8(3-2-4-11(7)18)14(19)9-5-6-10(15)13(17)12(9)16/h2-6H,18H2,1H3. The van der Waals surface area contributed by atoms with Crippen LogP contribution in [0.15, 0.2) is 30.3 Å². The van der Waals surface area contributed by atoms with Crippen molar-refractivity contribution in [2.75, 3.05) is 5.73 Å². The second kappa shape index (κ2) is 4.76. The summed E-state index contributed by atoms with van der Waals surface area (Å²) in [4.78, 5) is 12.1. The minimum atomic E-state index is -1.66. The normalized spacial score (nSPS) is 10.5. The Kier molecular flexibility index (Phi) is 3.29. The quantitative estimate of drug-likeness (QED) is 0.514. The number of carbonyl (C=O) groups excluding carboxylic acids is 1. The van der Waals surface area contributed by atoms with Crippen LogP contribution in [0.1, 0.15) is 21.5 Å². The number of hydrogen-bond acceptors (Lipinski definition) is 2. The van der Waals surface area contributed by atoms with Crippen molar-refractivity contribution >= 4 is 11.5 Å². The molecule has 2 aromatic rings.